The molecular formula is C13H14F3N5O. The molecule has 1 unspecified atom stereocenters. The first kappa shape index (κ1) is 14.6. The normalized spacial score (nSPS) is 21.4. The van der Waals surface area contributed by atoms with Gasteiger partial charge in [-0.1, -0.05) is 6.92 Å². The average molecular weight is 313 g/mol. The minimum Gasteiger partial charge on any atom is -0.394 e. The van der Waals surface area contributed by atoms with E-state index in [4.69, 9.17) is 5.73 Å². The number of hydrogen-bond acceptors (Lipinski definition) is 4. The van der Waals surface area contributed by atoms with Crippen LogP contribution in [0.25, 0.3) is 5.65 Å². The second-order valence-corrected chi connectivity index (χ2v) is 5.50. The Morgan fingerprint density at radius 2 is 2.18 bits per heavy atom. The number of halogens is 3. The molecule has 6 nitrogen and oxygen atoms in total. The SMILES string of the molecule is CCc1nn2c3c(cnc2c1N)N(C=O)CC3(C)C(F)(F)F. The zero-order valence-corrected chi connectivity index (χ0v) is 12.0. The van der Waals surface area contributed by atoms with E-state index in [1.165, 1.54) is 6.20 Å². The highest BCUT2D eigenvalue weighted by Gasteiger charge is 2.59. The van der Waals surface area contributed by atoms with E-state index in [1.54, 1.807) is 6.92 Å². The van der Waals surface area contributed by atoms with Gasteiger partial charge in [-0.2, -0.15) is 18.3 Å². The molecule has 3 heterocycles. The summed E-state index contributed by atoms with van der Waals surface area (Å²) in [5.74, 6) is 0. The van der Waals surface area contributed by atoms with Gasteiger partial charge in [0.1, 0.15) is 11.1 Å². The molecule has 9 heteroatoms. The molecular weight excluding hydrogens is 299 g/mol. The first-order valence-electron chi connectivity index (χ1n) is 6.69. The van der Waals surface area contributed by atoms with E-state index >= 15 is 0 Å². The van der Waals surface area contributed by atoms with Crippen molar-refractivity contribution in [2.45, 2.75) is 31.9 Å². The molecule has 1 atom stereocenters. The van der Waals surface area contributed by atoms with Gasteiger partial charge in [0, 0.05) is 6.54 Å². The highest BCUT2D eigenvalue weighted by Crippen LogP contribution is 2.49. The van der Waals surface area contributed by atoms with Crippen molar-refractivity contribution in [2.75, 3.05) is 17.2 Å². The summed E-state index contributed by atoms with van der Waals surface area (Å²) in [6.07, 6.45) is -2.45. The van der Waals surface area contributed by atoms with Crippen LogP contribution in [0.15, 0.2) is 6.20 Å². The van der Waals surface area contributed by atoms with Gasteiger partial charge < -0.3 is 10.6 Å². The van der Waals surface area contributed by atoms with Crippen LogP contribution in [-0.4, -0.2) is 33.7 Å². The minimum absolute atomic E-state index is 0.104. The fourth-order valence-corrected chi connectivity index (χ4v) is 2.84. The van der Waals surface area contributed by atoms with Gasteiger partial charge in [-0.05, 0) is 13.3 Å². The smallest absolute Gasteiger partial charge is 0.394 e. The van der Waals surface area contributed by atoms with E-state index in [9.17, 15) is 18.0 Å². The van der Waals surface area contributed by atoms with Gasteiger partial charge in [-0.25, -0.2) is 9.50 Å². The number of carbonyl (C=O) groups is 1. The predicted molar refractivity (Wildman–Crippen MR) is 73.6 cm³/mol. The monoisotopic (exact) mass is 313 g/mol. The van der Waals surface area contributed by atoms with E-state index in [0.29, 0.717) is 18.5 Å². The molecule has 118 valence electrons. The third-order valence-electron chi connectivity index (χ3n) is 4.14. The lowest BCUT2D eigenvalue weighted by Gasteiger charge is -2.27. The quantitative estimate of drug-likeness (QED) is 0.856. The summed E-state index contributed by atoms with van der Waals surface area (Å²) >= 11 is 0. The summed E-state index contributed by atoms with van der Waals surface area (Å²) in [7, 11) is 0. The molecule has 2 aromatic heterocycles. The van der Waals surface area contributed by atoms with Crippen molar-refractivity contribution in [1.29, 1.82) is 0 Å². The number of aromatic nitrogens is 3. The minimum atomic E-state index is -4.54. The number of nitrogens with two attached hydrogens (primary N) is 1. The van der Waals surface area contributed by atoms with Crippen LogP contribution < -0.4 is 10.6 Å². The van der Waals surface area contributed by atoms with E-state index in [1.807, 2.05) is 0 Å². The Hall–Kier alpha value is -2.32. The molecule has 0 bridgehead atoms. The molecule has 0 saturated carbocycles. The van der Waals surface area contributed by atoms with Crippen LogP contribution in [0.1, 0.15) is 25.2 Å². The highest BCUT2D eigenvalue weighted by molar-refractivity contribution is 5.82. The number of carbonyl (C=O) groups excluding carboxylic acids is 1. The highest BCUT2D eigenvalue weighted by atomic mass is 19.4. The van der Waals surface area contributed by atoms with Gasteiger partial charge in [-0.15, -0.1) is 0 Å². The number of nitrogens with zero attached hydrogens (tertiary/aromatic N) is 4. The van der Waals surface area contributed by atoms with Crippen LogP contribution in [0.4, 0.5) is 24.5 Å². The lowest BCUT2D eigenvalue weighted by molar-refractivity contribution is -0.181. The van der Waals surface area contributed by atoms with E-state index in [0.717, 1.165) is 16.3 Å². The second kappa shape index (κ2) is 4.34. The molecule has 0 radical (unpaired) electrons. The fourth-order valence-electron chi connectivity index (χ4n) is 2.84. The molecule has 0 fully saturated rings. The summed E-state index contributed by atoms with van der Waals surface area (Å²) in [4.78, 5) is 16.2. The van der Waals surface area contributed by atoms with Crippen molar-refractivity contribution in [3.63, 3.8) is 0 Å². The van der Waals surface area contributed by atoms with Crippen molar-refractivity contribution >= 4 is 23.4 Å². The molecule has 0 saturated heterocycles. The third-order valence-corrected chi connectivity index (χ3v) is 4.14. The average Bonchev–Trinajstić information content (AvgIpc) is 2.94. The molecule has 2 N–H and O–H groups in total. The lowest BCUT2D eigenvalue weighted by atomic mass is 9.88. The Labute approximate surface area is 123 Å². The van der Waals surface area contributed by atoms with E-state index in [-0.39, 0.29) is 22.7 Å². The Morgan fingerprint density at radius 1 is 1.50 bits per heavy atom. The van der Waals surface area contributed by atoms with Gasteiger partial charge in [-0.3, -0.25) is 4.79 Å². The van der Waals surface area contributed by atoms with Crippen molar-refractivity contribution in [2.24, 2.45) is 0 Å². The maximum atomic E-state index is 13.6. The largest absolute Gasteiger partial charge is 0.401 e. The molecule has 1 aliphatic rings. The fraction of sp³-hybridized carbons (Fsp3) is 0.462. The predicted octanol–water partition coefficient (Wildman–Crippen LogP) is 1.67. The number of rotatable bonds is 2. The van der Waals surface area contributed by atoms with Crippen LogP contribution in [0.2, 0.25) is 0 Å². The summed E-state index contributed by atoms with van der Waals surface area (Å²) in [5.41, 5.74) is 4.59. The molecule has 3 rings (SSSR count). The molecule has 1 aliphatic heterocycles. The second-order valence-electron chi connectivity index (χ2n) is 5.50. The first-order valence-corrected chi connectivity index (χ1v) is 6.69. The summed E-state index contributed by atoms with van der Waals surface area (Å²) in [5, 5.41) is 4.17. The number of alkyl halides is 3. The molecule has 2 aromatic rings. The zero-order chi connectivity index (χ0) is 16.3. The number of aryl methyl sites for hydroxylation is 1. The number of fused-ring (bicyclic) bond motifs is 3. The molecule has 0 aliphatic carbocycles. The third kappa shape index (κ3) is 1.65. The van der Waals surface area contributed by atoms with Crippen molar-refractivity contribution < 1.29 is 18.0 Å². The van der Waals surface area contributed by atoms with E-state index < -0.39 is 18.1 Å². The number of anilines is 2. The zero-order valence-electron chi connectivity index (χ0n) is 12.0. The maximum absolute atomic E-state index is 13.6. The van der Waals surface area contributed by atoms with Crippen LogP contribution in [-0.2, 0) is 16.6 Å². The van der Waals surface area contributed by atoms with Crippen LogP contribution in [0, 0.1) is 0 Å². The van der Waals surface area contributed by atoms with Crippen LogP contribution >= 0.6 is 0 Å². The van der Waals surface area contributed by atoms with Crippen LogP contribution in [0.3, 0.4) is 0 Å². The molecule has 1 amide bonds. The number of nitrogen functional groups attached to an aromatic ring is 1. The lowest BCUT2D eigenvalue weighted by Crippen LogP contribution is -2.44. The first-order chi connectivity index (χ1) is 10.2. The van der Waals surface area contributed by atoms with Gasteiger partial charge in [0.2, 0.25) is 6.41 Å². The van der Waals surface area contributed by atoms with Crippen molar-refractivity contribution in [3.05, 3.63) is 17.6 Å². The Bertz CT molecular complexity index is 769. The summed E-state index contributed by atoms with van der Waals surface area (Å²) < 4.78 is 42.0. The Morgan fingerprint density at radius 3 is 2.73 bits per heavy atom. The van der Waals surface area contributed by atoms with Crippen molar-refractivity contribution in [1.82, 2.24) is 14.6 Å². The topological polar surface area (TPSA) is 76.5 Å². The van der Waals surface area contributed by atoms with Crippen molar-refractivity contribution in [3.8, 4) is 0 Å². The van der Waals surface area contributed by atoms with E-state index in [2.05, 4.69) is 10.1 Å². The van der Waals surface area contributed by atoms with Gasteiger partial charge in [0.15, 0.2) is 5.65 Å². The summed E-state index contributed by atoms with van der Waals surface area (Å²) in [6.45, 7) is 2.36. The maximum Gasteiger partial charge on any atom is 0.401 e. The number of hydrogen-bond donors (Lipinski definition) is 1. The van der Waals surface area contributed by atoms with Crippen LogP contribution in [0.5, 0.6) is 0 Å². The van der Waals surface area contributed by atoms with Gasteiger partial charge in [0.25, 0.3) is 0 Å². The van der Waals surface area contributed by atoms with Gasteiger partial charge >= 0.3 is 6.18 Å². The molecule has 0 aromatic carbocycles. The molecule has 22 heavy (non-hydrogen) atoms. The van der Waals surface area contributed by atoms with Gasteiger partial charge in [0.05, 0.1) is 23.3 Å². The Balaban J connectivity index is 2.40. The standard InChI is InChI=1S/C13H14F3N5O/c1-3-7-9(17)11-18-4-8-10(21(11)19-7)12(2,13(14,15)16)5-20(8)6-22/h4,6H,3,5,17H2,1-2H3. The molecule has 0 spiro atoms. The Kier molecular flexibility index (Phi) is 2.88. The number of amides is 1. The summed E-state index contributed by atoms with van der Waals surface area (Å²) in [6, 6.07) is 0.